The molecule has 3 atom stereocenters. The fourth-order valence-electron chi connectivity index (χ4n) is 5.08. The van der Waals surface area contributed by atoms with E-state index in [1.807, 2.05) is 36.4 Å². The summed E-state index contributed by atoms with van der Waals surface area (Å²) in [7, 11) is 0. The van der Waals surface area contributed by atoms with Crippen molar-refractivity contribution in [2.75, 3.05) is 6.61 Å². The van der Waals surface area contributed by atoms with Crippen LogP contribution in [0.25, 0.3) is 10.8 Å². The second-order valence-electron chi connectivity index (χ2n) is 9.00. The molecule has 2 amide bonds. The average Bonchev–Trinajstić information content (AvgIpc) is 3.38. The summed E-state index contributed by atoms with van der Waals surface area (Å²) < 4.78 is 5.62. The Morgan fingerprint density at radius 2 is 1.80 bits per heavy atom. The zero-order valence-corrected chi connectivity index (χ0v) is 20.1. The number of hydrogen-bond donors (Lipinski definition) is 3. The number of benzene rings is 3. The molecule has 0 bridgehead atoms. The first-order chi connectivity index (χ1) is 16.5. The number of nitrogens with one attached hydrogen (secondary N) is 2. The summed E-state index contributed by atoms with van der Waals surface area (Å²) in [6, 6.07) is 18.6. The molecule has 1 aliphatic heterocycles. The van der Waals surface area contributed by atoms with Crippen LogP contribution in [0.1, 0.15) is 35.2 Å². The van der Waals surface area contributed by atoms with Crippen molar-refractivity contribution in [2.45, 2.75) is 43.4 Å². The highest BCUT2D eigenvalue weighted by Gasteiger charge is 2.55. The molecule has 3 aromatic rings. The fourth-order valence-corrected chi connectivity index (χ4v) is 5.08. The van der Waals surface area contributed by atoms with E-state index in [-0.39, 0.29) is 50.1 Å². The van der Waals surface area contributed by atoms with E-state index >= 15 is 0 Å². The Kier molecular flexibility index (Phi) is 7.14. The second-order valence-corrected chi connectivity index (χ2v) is 9.00. The number of phenols is 1. The highest BCUT2D eigenvalue weighted by atomic mass is 32.1. The molecule has 1 saturated heterocycles. The Morgan fingerprint density at radius 3 is 2.60 bits per heavy atom. The van der Waals surface area contributed by atoms with E-state index < -0.39 is 17.5 Å². The van der Waals surface area contributed by atoms with Gasteiger partial charge in [-0.3, -0.25) is 14.4 Å². The standard InChI is InChI=1S/C27H26N2O5.H2S/c30-19-12-10-17(11-13-19)15-22(26(33)29-27-14-4-9-24(27)34-16-23(27)31)28-25(32)21-8-3-6-18-5-1-2-7-20(18)21;/h1-3,5-8,10-13,22,24,30H,4,9,14-16H2,(H,28,32)(H,29,33);1H2/t22-,24+,27-;/m0./s1. The minimum Gasteiger partial charge on any atom is -0.508 e. The van der Waals surface area contributed by atoms with Crippen molar-refractivity contribution in [1.29, 1.82) is 0 Å². The van der Waals surface area contributed by atoms with E-state index in [1.54, 1.807) is 18.2 Å². The Morgan fingerprint density at radius 1 is 1.06 bits per heavy atom. The Balaban J connectivity index is 0.00000289. The fraction of sp³-hybridized carbons (Fsp3) is 0.296. The predicted molar refractivity (Wildman–Crippen MR) is 137 cm³/mol. The first-order valence-corrected chi connectivity index (χ1v) is 11.5. The molecule has 2 fully saturated rings. The molecule has 3 N–H and O–H groups in total. The highest BCUT2D eigenvalue weighted by Crippen LogP contribution is 2.38. The zero-order chi connectivity index (χ0) is 23.7. The quantitative estimate of drug-likeness (QED) is 0.491. The predicted octanol–water partition coefficient (Wildman–Crippen LogP) is 3.01. The maximum Gasteiger partial charge on any atom is 0.252 e. The van der Waals surface area contributed by atoms with Crippen molar-refractivity contribution in [1.82, 2.24) is 10.6 Å². The molecular formula is C27H28N2O5S. The van der Waals surface area contributed by atoms with Crippen molar-refractivity contribution >= 4 is 41.9 Å². The topological polar surface area (TPSA) is 105 Å². The zero-order valence-electron chi connectivity index (χ0n) is 19.1. The van der Waals surface area contributed by atoms with E-state index in [2.05, 4.69) is 10.6 Å². The molecule has 5 rings (SSSR count). The summed E-state index contributed by atoms with van der Waals surface area (Å²) in [6.07, 6.45) is 1.93. The molecule has 2 aliphatic rings. The van der Waals surface area contributed by atoms with Gasteiger partial charge < -0.3 is 20.5 Å². The maximum atomic E-state index is 13.5. The van der Waals surface area contributed by atoms with Crippen molar-refractivity contribution in [2.24, 2.45) is 0 Å². The smallest absolute Gasteiger partial charge is 0.252 e. The van der Waals surface area contributed by atoms with Crippen LogP contribution < -0.4 is 10.6 Å². The molecule has 0 unspecified atom stereocenters. The molecular weight excluding hydrogens is 464 g/mol. The molecule has 182 valence electrons. The number of carbonyl (C=O) groups is 3. The lowest BCUT2D eigenvalue weighted by molar-refractivity contribution is -0.131. The lowest BCUT2D eigenvalue weighted by atomic mass is 9.91. The van der Waals surface area contributed by atoms with Crippen LogP contribution in [0.15, 0.2) is 66.7 Å². The third kappa shape index (κ3) is 4.76. The lowest BCUT2D eigenvalue weighted by Gasteiger charge is -2.30. The molecule has 7 nitrogen and oxygen atoms in total. The summed E-state index contributed by atoms with van der Waals surface area (Å²) in [6.45, 7) is -0.00403. The van der Waals surface area contributed by atoms with Crippen LogP contribution in [0, 0.1) is 0 Å². The summed E-state index contributed by atoms with van der Waals surface area (Å²) in [4.78, 5) is 39.5. The van der Waals surface area contributed by atoms with Gasteiger partial charge in [-0.2, -0.15) is 13.5 Å². The van der Waals surface area contributed by atoms with Gasteiger partial charge in [-0.25, -0.2) is 0 Å². The summed E-state index contributed by atoms with van der Waals surface area (Å²) in [5.41, 5.74) is 0.221. The Labute approximate surface area is 210 Å². The lowest BCUT2D eigenvalue weighted by Crippen LogP contribution is -2.60. The number of hydrogen-bond acceptors (Lipinski definition) is 5. The van der Waals surface area contributed by atoms with E-state index in [0.717, 1.165) is 29.2 Å². The normalized spacial score (nSPS) is 21.7. The molecule has 1 saturated carbocycles. The monoisotopic (exact) mass is 492 g/mol. The highest BCUT2D eigenvalue weighted by molar-refractivity contribution is 7.59. The second kappa shape index (κ2) is 10.1. The molecule has 0 spiro atoms. The number of ketones is 1. The van der Waals surface area contributed by atoms with E-state index in [9.17, 15) is 19.5 Å². The van der Waals surface area contributed by atoms with Crippen molar-refractivity contribution in [3.63, 3.8) is 0 Å². The third-order valence-electron chi connectivity index (χ3n) is 6.88. The van der Waals surface area contributed by atoms with Gasteiger partial charge in [0.2, 0.25) is 5.91 Å². The van der Waals surface area contributed by atoms with Gasteiger partial charge in [-0.15, -0.1) is 0 Å². The molecule has 1 heterocycles. The first kappa shape index (κ1) is 24.8. The largest absolute Gasteiger partial charge is 0.508 e. The van der Waals surface area contributed by atoms with Crippen LogP contribution in [0.2, 0.25) is 0 Å². The SMILES string of the molecule is O=C(N[C@@H](Cc1ccc(O)cc1)C(=O)N[C@]12CCC[C@H]1OCC2=O)c1cccc2ccccc12.S. The van der Waals surface area contributed by atoms with E-state index in [0.29, 0.717) is 12.0 Å². The Bertz CT molecular complexity index is 1260. The van der Waals surface area contributed by atoms with Crippen LogP contribution in [-0.4, -0.2) is 47.0 Å². The van der Waals surface area contributed by atoms with Gasteiger partial charge in [0.1, 0.15) is 23.9 Å². The Hall–Kier alpha value is -3.36. The average molecular weight is 493 g/mol. The molecule has 1 aliphatic carbocycles. The molecule has 8 heteroatoms. The van der Waals surface area contributed by atoms with Crippen molar-refractivity contribution in [3.8, 4) is 5.75 Å². The number of fused-ring (bicyclic) bond motifs is 2. The van der Waals surface area contributed by atoms with Crippen molar-refractivity contribution in [3.05, 3.63) is 77.9 Å². The van der Waals surface area contributed by atoms with Crippen LogP contribution in [0.5, 0.6) is 5.75 Å². The van der Waals surface area contributed by atoms with Crippen LogP contribution in [0.3, 0.4) is 0 Å². The number of amides is 2. The number of ether oxygens (including phenoxy) is 1. The van der Waals surface area contributed by atoms with Crippen molar-refractivity contribution < 1.29 is 24.2 Å². The summed E-state index contributed by atoms with van der Waals surface area (Å²) in [5.74, 6) is -0.796. The minimum absolute atomic E-state index is 0. The first-order valence-electron chi connectivity index (χ1n) is 11.5. The molecule has 35 heavy (non-hydrogen) atoms. The van der Waals surface area contributed by atoms with Gasteiger partial charge >= 0.3 is 0 Å². The van der Waals surface area contributed by atoms with Gasteiger partial charge in [0.15, 0.2) is 5.78 Å². The summed E-state index contributed by atoms with van der Waals surface area (Å²) in [5, 5.41) is 17.2. The number of carbonyl (C=O) groups excluding carboxylic acids is 3. The van der Waals surface area contributed by atoms with Crippen LogP contribution in [0.4, 0.5) is 0 Å². The minimum atomic E-state index is -1.02. The van der Waals surface area contributed by atoms with Gasteiger partial charge in [0, 0.05) is 12.0 Å². The number of rotatable bonds is 6. The van der Waals surface area contributed by atoms with Crippen LogP contribution >= 0.6 is 13.5 Å². The molecule has 3 aromatic carbocycles. The van der Waals surface area contributed by atoms with E-state index in [1.165, 1.54) is 12.1 Å². The maximum absolute atomic E-state index is 13.5. The number of Topliss-reactive ketones (excluding diaryl/α,β-unsaturated/α-hetero) is 1. The number of aromatic hydroxyl groups is 1. The molecule has 0 aromatic heterocycles. The van der Waals surface area contributed by atoms with Crippen LogP contribution in [-0.2, 0) is 20.7 Å². The molecule has 0 radical (unpaired) electrons. The van der Waals surface area contributed by atoms with Gasteiger partial charge in [0.25, 0.3) is 5.91 Å². The third-order valence-corrected chi connectivity index (χ3v) is 6.88. The summed E-state index contributed by atoms with van der Waals surface area (Å²) >= 11 is 0. The number of phenolic OH excluding ortho intramolecular Hbond substituents is 1. The van der Waals surface area contributed by atoms with E-state index in [4.69, 9.17) is 4.74 Å². The van der Waals surface area contributed by atoms with Gasteiger partial charge in [-0.1, -0.05) is 48.5 Å². The van der Waals surface area contributed by atoms with Gasteiger partial charge in [-0.05, 0) is 53.8 Å². The van der Waals surface area contributed by atoms with Gasteiger partial charge in [0.05, 0.1) is 6.10 Å².